The smallest absolute Gasteiger partial charge is 0.293 e. The molecule has 2 aliphatic heterocycles. The Morgan fingerprint density at radius 3 is 2.54 bits per heavy atom. The SMILES string of the molecule is CCN1c2ccc(/C=C3\SC(=O)N(C)C3=O)cc2C(C)=CC1(C)C. The number of carbonyl (C=O) groups excluding carboxylic acids is 2. The van der Waals surface area contributed by atoms with Crippen LogP contribution >= 0.6 is 11.8 Å². The van der Waals surface area contributed by atoms with Gasteiger partial charge in [0.2, 0.25) is 0 Å². The maximum absolute atomic E-state index is 12.1. The molecule has 0 atom stereocenters. The summed E-state index contributed by atoms with van der Waals surface area (Å²) in [6, 6.07) is 6.22. The minimum absolute atomic E-state index is 0.0157. The van der Waals surface area contributed by atoms with Gasteiger partial charge < -0.3 is 4.90 Å². The second-order valence-corrected chi connectivity index (χ2v) is 7.74. The quantitative estimate of drug-likeness (QED) is 0.748. The predicted octanol–water partition coefficient (Wildman–Crippen LogP) is 4.37. The Morgan fingerprint density at radius 2 is 1.96 bits per heavy atom. The zero-order valence-electron chi connectivity index (χ0n) is 14.7. The minimum Gasteiger partial charge on any atom is -0.363 e. The lowest BCUT2D eigenvalue weighted by atomic mass is 9.88. The summed E-state index contributed by atoms with van der Waals surface area (Å²) in [5.41, 5.74) is 4.55. The molecule has 2 aliphatic rings. The largest absolute Gasteiger partial charge is 0.363 e. The minimum atomic E-state index is -0.230. The second-order valence-electron chi connectivity index (χ2n) is 6.74. The first-order valence-electron chi connectivity index (χ1n) is 8.07. The zero-order valence-corrected chi connectivity index (χ0v) is 15.5. The Balaban J connectivity index is 2.03. The van der Waals surface area contributed by atoms with Gasteiger partial charge in [0, 0.05) is 24.8 Å². The van der Waals surface area contributed by atoms with E-state index in [1.165, 1.54) is 23.9 Å². The number of benzene rings is 1. The van der Waals surface area contributed by atoms with Crippen LogP contribution in [0.2, 0.25) is 0 Å². The lowest BCUT2D eigenvalue weighted by Crippen LogP contribution is -2.44. The molecule has 1 aromatic rings. The Bertz CT molecular complexity index is 793. The molecule has 4 nitrogen and oxygen atoms in total. The van der Waals surface area contributed by atoms with Crippen molar-refractivity contribution in [1.29, 1.82) is 0 Å². The number of fused-ring (bicyclic) bond motifs is 1. The van der Waals surface area contributed by atoms with E-state index in [0.717, 1.165) is 28.8 Å². The van der Waals surface area contributed by atoms with Gasteiger partial charge >= 0.3 is 0 Å². The summed E-state index contributed by atoms with van der Waals surface area (Å²) in [6.07, 6.45) is 4.08. The lowest BCUT2D eigenvalue weighted by molar-refractivity contribution is -0.121. The van der Waals surface area contributed by atoms with Crippen molar-refractivity contribution in [3.05, 3.63) is 40.3 Å². The van der Waals surface area contributed by atoms with Crippen LogP contribution in [0.3, 0.4) is 0 Å². The Hall–Kier alpha value is -2.01. The van der Waals surface area contributed by atoms with Crippen molar-refractivity contribution >= 4 is 40.2 Å². The number of allylic oxidation sites excluding steroid dienone is 1. The molecule has 0 saturated carbocycles. The fourth-order valence-electron chi connectivity index (χ4n) is 3.47. The number of hydrogen-bond donors (Lipinski definition) is 0. The van der Waals surface area contributed by atoms with Gasteiger partial charge in [0.1, 0.15) is 0 Å². The monoisotopic (exact) mass is 342 g/mol. The summed E-state index contributed by atoms with van der Waals surface area (Å²) < 4.78 is 0. The molecule has 0 bridgehead atoms. The molecule has 0 unspecified atom stereocenters. The molecule has 2 heterocycles. The molecule has 0 aliphatic carbocycles. The molecule has 0 N–H and O–H groups in total. The van der Waals surface area contributed by atoms with Gasteiger partial charge in [-0.1, -0.05) is 12.1 Å². The number of rotatable bonds is 2. The number of thioether (sulfide) groups is 1. The Morgan fingerprint density at radius 1 is 1.25 bits per heavy atom. The van der Waals surface area contributed by atoms with E-state index in [2.05, 4.69) is 50.8 Å². The van der Waals surface area contributed by atoms with Crippen LogP contribution in [0.1, 0.15) is 38.8 Å². The molecule has 5 heteroatoms. The lowest BCUT2D eigenvalue weighted by Gasteiger charge is -2.42. The van der Waals surface area contributed by atoms with E-state index >= 15 is 0 Å². The van der Waals surface area contributed by atoms with Crippen molar-refractivity contribution in [2.45, 2.75) is 33.2 Å². The van der Waals surface area contributed by atoms with Crippen molar-refractivity contribution < 1.29 is 9.59 Å². The van der Waals surface area contributed by atoms with Crippen LogP contribution in [-0.4, -0.2) is 35.2 Å². The summed E-state index contributed by atoms with van der Waals surface area (Å²) in [5.74, 6) is -0.230. The van der Waals surface area contributed by atoms with Crippen LogP contribution in [0.15, 0.2) is 29.2 Å². The van der Waals surface area contributed by atoms with Gasteiger partial charge in [-0.3, -0.25) is 14.5 Å². The van der Waals surface area contributed by atoms with Crippen molar-refractivity contribution in [1.82, 2.24) is 4.90 Å². The standard InChI is InChI=1S/C19H22N2O2S/c1-6-21-15-8-7-13(9-14(15)12(2)11-19(21,3)4)10-16-17(22)20(5)18(23)24-16/h7-11H,6H2,1-5H3/b16-10-. The first-order chi connectivity index (χ1) is 11.2. The molecule has 1 saturated heterocycles. The van der Waals surface area contributed by atoms with Gasteiger partial charge in [-0.2, -0.15) is 0 Å². The summed E-state index contributed by atoms with van der Waals surface area (Å²) >= 11 is 0.993. The molecule has 3 rings (SSSR count). The van der Waals surface area contributed by atoms with E-state index in [1.54, 1.807) is 6.08 Å². The van der Waals surface area contributed by atoms with Crippen LogP contribution in [0.4, 0.5) is 10.5 Å². The van der Waals surface area contributed by atoms with Crippen LogP contribution < -0.4 is 4.90 Å². The Labute approximate surface area is 147 Å². The molecular weight excluding hydrogens is 320 g/mol. The maximum Gasteiger partial charge on any atom is 0.293 e. The van der Waals surface area contributed by atoms with E-state index in [0.29, 0.717) is 4.91 Å². The fourth-order valence-corrected chi connectivity index (χ4v) is 4.29. The Kier molecular flexibility index (Phi) is 4.08. The van der Waals surface area contributed by atoms with Gasteiger partial charge in [-0.25, -0.2) is 0 Å². The van der Waals surface area contributed by atoms with E-state index < -0.39 is 0 Å². The molecule has 24 heavy (non-hydrogen) atoms. The highest BCUT2D eigenvalue weighted by atomic mass is 32.2. The van der Waals surface area contributed by atoms with Crippen molar-refractivity contribution in [2.75, 3.05) is 18.5 Å². The van der Waals surface area contributed by atoms with Crippen molar-refractivity contribution in [3.63, 3.8) is 0 Å². The van der Waals surface area contributed by atoms with Crippen LogP contribution in [0, 0.1) is 0 Å². The average molecular weight is 342 g/mol. The highest BCUT2D eigenvalue weighted by molar-refractivity contribution is 8.18. The number of nitrogens with zero attached hydrogens (tertiary/aromatic N) is 2. The van der Waals surface area contributed by atoms with E-state index in [-0.39, 0.29) is 16.7 Å². The number of amides is 2. The summed E-state index contributed by atoms with van der Waals surface area (Å²) in [4.78, 5) is 27.7. The number of imide groups is 1. The van der Waals surface area contributed by atoms with E-state index in [1.807, 2.05) is 6.07 Å². The number of anilines is 1. The van der Waals surface area contributed by atoms with Gasteiger partial charge in [-0.15, -0.1) is 0 Å². The second kappa shape index (κ2) is 5.81. The first-order valence-corrected chi connectivity index (χ1v) is 8.89. The summed E-state index contributed by atoms with van der Waals surface area (Å²) in [6.45, 7) is 9.64. The molecule has 2 amide bonds. The average Bonchev–Trinajstić information content (AvgIpc) is 2.75. The molecular formula is C19H22N2O2S. The first kappa shape index (κ1) is 16.8. The van der Waals surface area contributed by atoms with Gasteiger partial charge in [0.15, 0.2) is 0 Å². The third-order valence-corrected chi connectivity index (χ3v) is 5.56. The molecule has 0 radical (unpaired) electrons. The molecule has 1 fully saturated rings. The van der Waals surface area contributed by atoms with E-state index in [9.17, 15) is 9.59 Å². The van der Waals surface area contributed by atoms with E-state index in [4.69, 9.17) is 0 Å². The normalized spacial score (nSPS) is 21.4. The fraction of sp³-hybridized carbons (Fsp3) is 0.368. The predicted molar refractivity (Wildman–Crippen MR) is 101 cm³/mol. The van der Waals surface area contributed by atoms with Crippen LogP contribution in [-0.2, 0) is 4.79 Å². The molecule has 1 aromatic carbocycles. The van der Waals surface area contributed by atoms with Gasteiger partial charge in [0.05, 0.1) is 10.4 Å². The number of likely N-dealkylation sites (N-methyl/N-ethyl adjacent to an activating group) is 2. The maximum atomic E-state index is 12.1. The molecule has 0 spiro atoms. The van der Waals surface area contributed by atoms with Crippen LogP contribution in [0.5, 0.6) is 0 Å². The van der Waals surface area contributed by atoms with Crippen LogP contribution in [0.25, 0.3) is 11.6 Å². The van der Waals surface area contributed by atoms with Crippen molar-refractivity contribution in [3.8, 4) is 0 Å². The summed E-state index contributed by atoms with van der Waals surface area (Å²) in [7, 11) is 1.51. The zero-order chi connectivity index (χ0) is 17.6. The number of carbonyl (C=O) groups is 2. The number of hydrogen-bond acceptors (Lipinski definition) is 4. The third-order valence-electron chi connectivity index (χ3n) is 4.60. The molecule has 0 aromatic heterocycles. The topological polar surface area (TPSA) is 40.6 Å². The van der Waals surface area contributed by atoms with Gasteiger partial charge in [0.25, 0.3) is 11.1 Å². The highest BCUT2D eigenvalue weighted by Gasteiger charge is 2.32. The summed E-state index contributed by atoms with van der Waals surface area (Å²) in [5, 5.41) is -0.223. The highest BCUT2D eigenvalue weighted by Crippen LogP contribution is 2.40. The molecule has 126 valence electrons. The van der Waals surface area contributed by atoms with Gasteiger partial charge in [-0.05, 0) is 68.8 Å². The van der Waals surface area contributed by atoms with Crippen molar-refractivity contribution in [2.24, 2.45) is 0 Å². The third kappa shape index (κ3) is 2.67.